The highest BCUT2D eigenvalue weighted by atomic mass is 32.2. The Kier molecular flexibility index (Phi) is 4.96. The maximum Gasteiger partial charge on any atom is 0.255 e. The summed E-state index contributed by atoms with van der Waals surface area (Å²) in [6.45, 7) is 10.3. The zero-order chi connectivity index (χ0) is 13.9. The third-order valence-electron chi connectivity index (χ3n) is 4.14. The van der Waals surface area contributed by atoms with Crippen LogP contribution in [0, 0.1) is 11.3 Å². The number of nitrogens with zero attached hydrogens (tertiary/aromatic N) is 1. The summed E-state index contributed by atoms with van der Waals surface area (Å²) < 4.78 is 5.41. The average Bonchev–Trinajstić information content (AvgIpc) is 2.83. The average molecular weight is 282 g/mol. The molecule has 1 fully saturated rings. The Morgan fingerprint density at radius 1 is 1.42 bits per heavy atom. The Balaban J connectivity index is 2.04. The van der Waals surface area contributed by atoms with Crippen molar-refractivity contribution in [2.45, 2.75) is 63.5 Å². The van der Waals surface area contributed by atoms with E-state index in [1.54, 1.807) is 24.2 Å². The van der Waals surface area contributed by atoms with E-state index >= 15 is 0 Å². The molecule has 1 aliphatic carbocycles. The van der Waals surface area contributed by atoms with Gasteiger partial charge in [-0.05, 0) is 37.1 Å². The fourth-order valence-electron chi connectivity index (χ4n) is 2.94. The van der Waals surface area contributed by atoms with Gasteiger partial charge in [0.15, 0.2) is 0 Å². The number of rotatable bonds is 4. The zero-order valence-electron chi connectivity index (χ0n) is 12.5. The number of aromatic nitrogens is 1. The predicted molar refractivity (Wildman–Crippen MR) is 80.4 cm³/mol. The molecule has 3 nitrogen and oxygen atoms in total. The number of nitrogens with one attached hydrogen (secondary N) is 1. The number of hydrogen-bond acceptors (Lipinski definition) is 4. The third kappa shape index (κ3) is 3.99. The summed E-state index contributed by atoms with van der Waals surface area (Å²) in [5, 5.41) is 5.00. The van der Waals surface area contributed by atoms with Crippen LogP contribution in [0.4, 0.5) is 0 Å². The molecule has 0 spiro atoms. The molecule has 2 rings (SSSR count). The Morgan fingerprint density at radius 3 is 2.79 bits per heavy atom. The lowest BCUT2D eigenvalue weighted by molar-refractivity contribution is 0.165. The molecule has 108 valence electrons. The molecule has 1 aliphatic rings. The van der Waals surface area contributed by atoms with Gasteiger partial charge in [0, 0.05) is 11.3 Å². The van der Waals surface area contributed by atoms with E-state index in [1.165, 1.54) is 19.3 Å². The van der Waals surface area contributed by atoms with E-state index < -0.39 is 0 Å². The minimum atomic E-state index is 0.395. The molecule has 1 aromatic heterocycles. The Bertz CT molecular complexity index is 372. The molecule has 3 unspecified atom stereocenters. The summed E-state index contributed by atoms with van der Waals surface area (Å²) >= 11 is 1.80. The van der Waals surface area contributed by atoms with Gasteiger partial charge in [-0.2, -0.15) is 0 Å². The van der Waals surface area contributed by atoms with Crippen molar-refractivity contribution in [3.8, 4) is 0 Å². The summed E-state index contributed by atoms with van der Waals surface area (Å²) in [5.74, 6) is 0.787. The molecule has 0 amide bonds. The van der Waals surface area contributed by atoms with Gasteiger partial charge in [0.2, 0.25) is 0 Å². The van der Waals surface area contributed by atoms with Gasteiger partial charge in [0.1, 0.15) is 6.26 Å². The van der Waals surface area contributed by atoms with Crippen molar-refractivity contribution in [3.05, 3.63) is 12.5 Å². The van der Waals surface area contributed by atoms with E-state index in [9.17, 15) is 0 Å². The van der Waals surface area contributed by atoms with Gasteiger partial charge in [-0.25, -0.2) is 4.98 Å². The molecule has 1 saturated carbocycles. The molecule has 19 heavy (non-hydrogen) atoms. The summed E-state index contributed by atoms with van der Waals surface area (Å²) in [7, 11) is 0. The number of thioether (sulfide) groups is 1. The van der Waals surface area contributed by atoms with Crippen molar-refractivity contribution in [1.29, 1.82) is 0 Å². The van der Waals surface area contributed by atoms with Crippen LogP contribution in [-0.2, 0) is 0 Å². The quantitative estimate of drug-likeness (QED) is 0.907. The monoisotopic (exact) mass is 282 g/mol. The molecule has 0 saturated heterocycles. The standard InChI is InChI=1S/C15H26N2OS/c1-5-16-12-7-6-11(15(2,3)4)10-13(12)19-14-17-8-9-18-14/h8-9,11-13,16H,5-7,10H2,1-4H3. The zero-order valence-corrected chi connectivity index (χ0v) is 13.3. The predicted octanol–water partition coefficient (Wildman–Crippen LogP) is 3.96. The largest absolute Gasteiger partial charge is 0.440 e. The van der Waals surface area contributed by atoms with Crippen LogP contribution in [0.15, 0.2) is 22.1 Å². The maximum atomic E-state index is 5.41. The van der Waals surface area contributed by atoms with E-state index in [0.29, 0.717) is 16.7 Å². The van der Waals surface area contributed by atoms with Gasteiger partial charge < -0.3 is 9.73 Å². The van der Waals surface area contributed by atoms with Crippen LogP contribution in [0.2, 0.25) is 0 Å². The Hall–Kier alpha value is -0.480. The first-order valence-corrected chi connectivity index (χ1v) is 8.18. The molecule has 1 aromatic rings. The summed E-state index contributed by atoms with van der Waals surface area (Å²) in [6, 6.07) is 0.584. The molecule has 0 bridgehead atoms. The summed E-state index contributed by atoms with van der Waals surface area (Å²) in [5.41, 5.74) is 0.395. The lowest BCUT2D eigenvalue weighted by atomic mass is 9.71. The molecule has 3 atom stereocenters. The van der Waals surface area contributed by atoms with Gasteiger partial charge in [0.25, 0.3) is 5.22 Å². The van der Waals surface area contributed by atoms with Crippen LogP contribution in [0.25, 0.3) is 0 Å². The van der Waals surface area contributed by atoms with Crippen molar-refractivity contribution in [2.75, 3.05) is 6.54 Å². The first-order valence-electron chi connectivity index (χ1n) is 7.30. The van der Waals surface area contributed by atoms with Gasteiger partial charge in [-0.1, -0.05) is 39.5 Å². The van der Waals surface area contributed by atoms with Crippen LogP contribution in [0.5, 0.6) is 0 Å². The Labute approximate surface area is 120 Å². The SMILES string of the molecule is CCNC1CCC(C(C)(C)C)CC1Sc1ncco1. The van der Waals surface area contributed by atoms with Crippen LogP contribution in [-0.4, -0.2) is 22.8 Å². The molecular weight excluding hydrogens is 256 g/mol. The minimum absolute atomic E-state index is 0.395. The van der Waals surface area contributed by atoms with E-state index in [2.05, 4.69) is 38.0 Å². The molecule has 0 aliphatic heterocycles. The third-order valence-corrected chi connectivity index (χ3v) is 5.37. The summed E-state index contributed by atoms with van der Waals surface area (Å²) in [4.78, 5) is 4.26. The van der Waals surface area contributed by atoms with Gasteiger partial charge in [0.05, 0.1) is 6.20 Å². The molecule has 1 N–H and O–H groups in total. The second-order valence-electron chi connectivity index (χ2n) is 6.49. The van der Waals surface area contributed by atoms with Crippen molar-refractivity contribution >= 4 is 11.8 Å². The second kappa shape index (κ2) is 6.31. The normalized spacial score (nSPS) is 28.5. The molecule has 0 radical (unpaired) electrons. The molecular formula is C15H26N2OS. The second-order valence-corrected chi connectivity index (χ2v) is 7.68. The minimum Gasteiger partial charge on any atom is -0.440 e. The lowest BCUT2D eigenvalue weighted by Gasteiger charge is -2.41. The van der Waals surface area contributed by atoms with Crippen LogP contribution >= 0.6 is 11.8 Å². The summed E-state index contributed by atoms with van der Waals surface area (Å²) in [6.07, 6.45) is 7.22. The maximum absolute atomic E-state index is 5.41. The topological polar surface area (TPSA) is 38.1 Å². The van der Waals surface area contributed by atoms with Crippen LogP contribution in [0.1, 0.15) is 47.0 Å². The molecule has 4 heteroatoms. The van der Waals surface area contributed by atoms with E-state index in [1.807, 2.05) is 0 Å². The highest BCUT2D eigenvalue weighted by Crippen LogP contribution is 2.43. The van der Waals surface area contributed by atoms with E-state index in [0.717, 1.165) is 17.7 Å². The van der Waals surface area contributed by atoms with Crippen molar-refractivity contribution in [3.63, 3.8) is 0 Å². The van der Waals surface area contributed by atoms with Crippen molar-refractivity contribution in [1.82, 2.24) is 10.3 Å². The number of hydrogen-bond donors (Lipinski definition) is 1. The number of oxazole rings is 1. The first-order chi connectivity index (χ1) is 9.00. The van der Waals surface area contributed by atoms with Crippen molar-refractivity contribution in [2.24, 2.45) is 11.3 Å². The highest BCUT2D eigenvalue weighted by molar-refractivity contribution is 7.99. The van der Waals surface area contributed by atoms with Crippen LogP contribution in [0.3, 0.4) is 0 Å². The van der Waals surface area contributed by atoms with E-state index in [-0.39, 0.29) is 0 Å². The first kappa shape index (κ1) is 14.9. The van der Waals surface area contributed by atoms with E-state index in [4.69, 9.17) is 4.42 Å². The van der Waals surface area contributed by atoms with Crippen LogP contribution < -0.4 is 5.32 Å². The fourth-order valence-corrected chi connectivity index (χ4v) is 4.16. The van der Waals surface area contributed by atoms with Gasteiger partial charge in [-0.15, -0.1) is 0 Å². The lowest BCUT2D eigenvalue weighted by Crippen LogP contribution is -2.44. The van der Waals surface area contributed by atoms with Gasteiger partial charge in [-0.3, -0.25) is 0 Å². The highest BCUT2D eigenvalue weighted by Gasteiger charge is 2.36. The molecule has 0 aromatic carbocycles. The molecule has 1 heterocycles. The van der Waals surface area contributed by atoms with Crippen molar-refractivity contribution < 1.29 is 4.42 Å². The fraction of sp³-hybridized carbons (Fsp3) is 0.800. The Morgan fingerprint density at radius 2 is 2.21 bits per heavy atom. The van der Waals surface area contributed by atoms with Gasteiger partial charge >= 0.3 is 0 Å². The smallest absolute Gasteiger partial charge is 0.255 e.